The van der Waals surface area contributed by atoms with E-state index in [1.54, 1.807) is 0 Å². The van der Waals surface area contributed by atoms with E-state index < -0.39 is 0 Å². The molecule has 0 aliphatic heterocycles. The molecule has 39 heavy (non-hydrogen) atoms. The van der Waals surface area contributed by atoms with E-state index >= 15 is 0 Å². The normalized spacial score (nSPS) is 12.2. The summed E-state index contributed by atoms with van der Waals surface area (Å²) in [5, 5.41) is 10.3. The third-order valence-corrected chi connectivity index (χ3v) is 9.25. The van der Waals surface area contributed by atoms with Crippen LogP contribution in [0.15, 0.2) is 109 Å². The molecule has 0 atom stereocenters. The first kappa shape index (κ1) is 21.4. The molecule has 0 amide bonds. The Morgan fingerprint density at radius 3 is 2.00 bits per heavy atom. The number of fused-ring (bicyclic) bond motifs is 12. The fraction of sp³-hybridized carbons (Fsp3) is 0. The van der Waals surface area contributed by atoms with Gasteiger partial charge in [0, 0.05) is 26.2 Å². The molecule has 3 aromatic heterocycles. The van der Waals surface area contributed by atoms with Gasteiger partial charge in [0.1, 0.15) is 0 Å². The van der Waals surface area contributed by atoms with Crippen LogP contribution in [0.3, 0.4) is 0 Å². The van der Waals surface area contributed by atoms with Gasteiger partial charge in [-0.2, -0.15) is 0 Å². The van der Waals surface area contributed by atoms with Gasteiger partial charge >= 0.3 is 0 Å². The van der Waals surface area contributed by atoms with Crippen molar-refractivity contribution in [2.24, 2.45) is 0 Å². The molecule has 0 saturated heterocycles. The molecule has 3 nitrogen and oxygen atoms in total. The minimum atomic E-state index is 0.393. The van der Waals surface area contributed by atoms with Crippen LogP contribution in [-0.2, 0) is 0 Å². The van der Waals surface area contributed by atoms with Gasteiger partial charge in [0.05, 0.1) is 26.8 Å². The van der Waals surface area contributed by atoms with Gasteiger partial charge in [-0.25, -0.2) is 9.97 Å². The lowest BCUT2D eigenvalue weighted by Crippen LogP contribution is -2.01. The van der Waals surface area contributed by atoms with Crippen molar-refractivity contribution in [1.82, 2.24) is 14.5 Å². The maximum atomic E-state index is 6.92. The van der Waals surface area contributed by atoms with Crippen molar-refractivity contribution in [3.8, 4) is 5.82 Å². The summed E-state index contributed by atoms with van der Waals surface area (Å²) >= 11 is 8.77. The molecule has 5 heteroatoms. The average Bonchev–Trinajstić information content (AvgIpc) is 3.52. The molecule has 6 aromatic carbocycles. The highest BCUT2D eigenvalue weighted by atomic mass is 35.5. The molecule has 0 aliphatic carbocycles. The number of nitrogens with zero attached hydrogens (tertiary/aromatic N) is 3. The Hall–Kier alpha value is -4.51. The molecule has 0 radical (unpaired) electrons. The quantitative estimate of drug-likeness (QED) is 0.209. The molecular weight excluding hydrogens is 518 g/mol. The molecule has 0 fully saturated rings. The Labute approximate surface area is 231 Å². The Morgan fingerprint density at radius 2 is 1.21 bits per heavy atom. The van der Waals surface area contributed by atoms with E-state index in [9.17, 15) is 0 Å². The largest absolute Gasteiger partial charge is 0.290 e. The van der Waals surface area contributed by atoms with Gasteiger partial charge in [-0.1, -0.05) is 90.5 Å². The van der Waals surface area contributed by atoms with E-state index in [2.05, 4.69) is 89.5 Å². The molecule has 3 heterocycles. The Morgan fingerprint density at radius 1 is 0.590 bits per heavy atom. The van der Waals surface area contributed by atoms with Gasteiger partial charge in [0.25, 0.3) is 0 Å². The van der Waals surface area contributed by atoms with Crippen LogP contribution in [0.4, 0.5) is 0 Å². The minimum absolute atomic E-state index is 0.393. The van der Waals surface area contributed by atoms with Gasteiger partial charge in [0.15, 0.2) is 11.0 Å². The standard InChI is InChI=1S/C34H18ClN3S/c35-33-34(37-26-15-7-6-14-25(26)36-33)38-27-16-8-5-13-23(27)29-21-11-3-4-12-22(21)30-24-17-19-9-1-2-10-20(19)18-28(24)39-32(30)31(29)38/h1-18H. The van der Waals surface area contributed by atoms with Crippen molar-refractivity contribution >= 4 is 97.5 Å². The summed E-state index contributed by atoms with van der Waals surface area (Å²) in [6.45, 7) is 0. The highest BCUT2D eigenvalue weighted by Gasteiger charge is 2.23. The zero-order valence-electron chi connectivity index (χ0n) is 20.5. The van der Waals surface area contributed by atoms with Crippen LogP contribution < -0.4 is 0 Å². The van der Waals surface area contributed by atoms with Crippen molar-refractivity contribution < 1.29 is 0 Å². The van der Waals surface area contributed by atoms with E-state index in [-0.39, 0.29) is 0 Å². The number of benzene rings is 6. The third kappa shape index (κ3) is 2.87. The van der Waals surface area contributed by atoms with E-state index in [1.165, 1.54) is 52.5 Å². The summed E-state index contributed by atoms with van der Waals surface area (Å²) < 4.78 is 4.74. The van der Waals surface area contributed by atoms with E-state index in [4.69, 9.17) is 21.6 Å². The van der Waals surface area contributed by atoms with Crippen molar-refractivity contribution in [2.75, 3.05) is 0 Å². The van der Waals surface area contributed by atoms with E-state index in [0.29, 0.717) is 11.0 Å². The number of hydrogen-bond donors (Lipinski definition) is 0. The van der Waals surface area contributed by atoms with E-state index in [0.717, 1.165) is 22.1 Å². The number of halogens is 1. The zero-order valence-corrected chi connectivity index (χ0v) is 22.1. The highest BCUT2D eigenvalue weighted by molar-refractivity contribution is 7.27. The summed E-state index contributed by atoms with van der Waals surface area (Å²) in [5.74, 6) is 0.653. The zero-order chi connectivity index (χ0) is 25.7. The molecular formula is C34H18ClN3S. The maximum absolute atomic E-state index is 6.92. The monoisotopic (exact) mass is 535 g/mol. The van der Waals surface area contributed by atoms with Crippen LogP contribution in [0.2, 0.25) is 5.15 Å². The van der Waals surface area contributed by atoms with Crippen LogP contribution >= 0.6 is 22.9 Å². The number of para-hydroxylation sites is 3. The Kier molecular flexibility index (Phi) is 4.26. The predicted octanol–water partition coefficient (Wildman–Crippen LogP) is 10.1. The van der Waals surface area contributed by atoms with Crippen LogP contribution in [0, 0.1) is 0 Å². The number of hydrogen-bond acceptors (Lipinski definition) is 3. The fourth-order valence-corrected chi connectivity index (χ4v) is 7.70. The smallest absolute Gasteiger partial charge is 0.176 e. The first-order chi connectivity index (χ1) is 19.3. The lowest BCUT2D eigenvalue weighted by molar-refractivity contribution is 1.08. The lowest BCUT2D eigenvalue weighted by atomic mass is 9.98. The SMILES string of the molecule is Clc1nc2ccccc2nc1-n1c2ccccc2c2c3ccccc3c3c4cc5ccccc5cc4sc3c21. The number of aromatic nitrogens is 3. The average molecular weight is 536 g/mol. The third-order valence-electron chi connectivity index (χ3n) is 7.83. The van der Waals surface area contributed by atoms with E-state index in [1.807, 2.05) is 35.6 Å². The van der Waals surface area contributed by atoms with Crippen molar-refractivity contribution in [1.29, 1.82) is 0 Å². The molecule has 0 N–H and O–H groups in total. The van der Waals surface area contributed by atoms with Crippen molar-refractivity contribution in [3.63, 3.8) is 0 Å². The fourth-order valence-electron chi connectivity index (χ4n) is 6.19. The summed E-state index contributed by atoms with van der Waals surface area (Å²) in [5.41, 5.74) is 3.81. The van der Waals surface area contributed by atoms with Crippen LogP contribution in [0.1, 0.15) is 0 Å². The second-order valence-corrected chi connectivity index (χ2v) is 11.4. The van der Waals surface area contributed by atoms with Crippen LogP contribution in [0.5, 0.6) is 0 Å². The first-order valence-electron chi connectivity index (χ1n) is 12.9. The molecule has 0 bridgehead atoms. The molecule has 0 unspecified atom stereocenters. The summed E-state index contributed by atoms with van der Waals surface area (Å²) in [7, 11) is 0. The highest BCUT2D eigenvalue weighted by Crippen LogP contribution is 2.48. The minimum Gasteiger partial charge on any atom is -0.290 e. The van der Waals surface area contributed by atoms with Gasteiger partial charge < -0.3 is 0 Å². The predicted molar refractivity (Wildman–Crippen MR) is 167 cm³/mol. The Balaban J connectivity index is 1.58. The lowest BCUT2D eigenvalue weighted by Gasteiger charge is -2.11. The van der Waals surface area contributed by atoms with Crippen molar-refractivity contribution in [2.45, 2.75) is 0 Å². The van der Waals surface area contributed by atoms with Gasteiger partial charge in [-0.3, -0.25) is 4.57 Å². The second kappa shape index (κ2) is 7.76. The van der Waals surface area contributed by atoms with Gasteiger partial charge in [0.2, 0.25) is 0 Å². The first-order valence-corrected chi connectivity index (χ1v) is 14.1. The molecule has 0 aliphatic rings. The molecule has 9 rings (SSSR count). The summed E-state index contributed by atoms with van der Waals surface area (Å²) in [4.78, 5) is 9.83. The topological polar surface area (TPSA) is 30.7 Å². The molecule has 9 aromatic rings. The molecule has 0 spiro atoms. The van der Waals surface area contributed by atoms with Gasteiger partial charge in [-0.05, 0) is 51.9 Å². The summed E-state index contributed by atoms with van der Waals surface area (Å²) in [6.07, 6.45) is 0. The molecule has 182 valence electrons. The maximum Gasteiger partial charge on any atom is 0.176 e. The van der Waals surface area contributed by atoms with Gasteiger partial charge in [-0.15, -0.1) is 11.3 Å². The second-order valence-electron chi connectivity index (χ2n) is 9.95. The van der Waals surface area contributed by atoms with Crippen molar-refractivity contribution in [3.05, 3.63) is 114 Å². The van der Waals surface area contributed by atoms with Crippen LogP contribution in [-0.4, -0.2) is 14.5 Å². The number of thiophene rings is 1. The number of rotatable bonds is 1. The van der Waals surface area contributed by atoms with Crippen LogP contribution in [0.25, 0.3) is 80.4 Å². The summed E-state index contributed by atoms with van der Waals surface area (Å²) in [6, 6.07) is 38.5. The molecule has 0 saturated carbocycles. The Bertz CT molecular complexity index is 2470.